The summed E-state index contributed by atoms with van der Waals surface area (Å²) < 4.78 is 5.45. The summed E-state index contributed by atoms with van der Waals surface area (Å²) in [4.78, 5) is 4.75. The van der Waals surface area contributed by atoms with Gasteiger partial charge in [-0.3, -0.25) is 5.10 Å². The zero-order valence-electron chi connectivity index (χ0n) is 12.9. The van der Waals surface area contributed by atoms with Crippen LogP contribution in [0.5, 0.6) is 5.75 Å². The van der Waals surface area contributed by atoms with Gasteiger partial charge in [0.05, 0.1) is 7.11 Å². The van der Waals surface area contributed by atoms with Crippen LogP contribution in [0.15, 0.2) is 48.7 Å². The molecule has 0 atom stereocenters. The van der Waals surface area contributed by atoms with Gasteiger partial charge in [-0.05, 0) is 25.1 Å². The second kappa shape index (κ2) is 5.28. The molecule has 0 radical (unpaired) electrons. The quantitative estimate of drug-likeness (QED) is 0.596. The summed E-state index contributed by atoms with van der Waals surface area (Å²) in [7, 11) is 1.66. The van der Waals surface area contributed by atoms with Gasteiger partial charge in [-0.1, -0.05) is 29.8 Å². The molecular weight excluding hydrogens is 288 g/mol. The van der Waals surface area contributed by atoms with Crippen molar-refractivity contribution in [1.82, 2.24) is 15.2 Å². The summed E-state index contributed by atoms with van der Waals surface area (Å²) >= 11 is 0. The number of H-pyrrole nitrogens is 1. The maximum atomic E-state index is 5.45. The Hall–Kier alpha value is -3.08. The lowest BCUT2D eigenvalue weighted by Crippen LogP contribution is -1.97. The minimum absolute atomic E-state index is 0.710. The molecule has 2 N–H and O–H groups in total. The Morgan fingerprint density at radius 2 is 1.83 bits per heavy atom. The average Bonchev–Trinajstić information content (AvgIpc) is 3.07. The van der Waals surface area contributed by atoms with E-state index in [4.69, 9.17) is 9.72 Å². The number of nitrogens with zero attached hydrogens (tertiary/aromatic N) is 2. The molecule has 4 rings (SSSR count). The first kappa shape index (κ1) is 13.6. The largest absolute Gasteiger partial charge is 0.494 e. The molecule has 23 heavy (non-hydrogen) atoms. The Kier molecular flexibility index (Phi) is 3.12. The van der Waals surface area contributed by atoms with E-state index in [1.54, 1.807) is 7.11 Å². The van der Waals surface area contributed by atoms with Gasteiger partial charge < -0.3 is 10.1 Å². The number of ether oxygens (including phenoxy) is 1. The third kappa shape index (κ3) is 2.26. The molecule has 0 bridgehead atoms. The molecule has 0 aliphatic carbocycles. The predicted molar refractivity (Wildman–Crippen MR) is 92.4 cm³/mol. The summed E-state index contributed by atoms with van der Waals surface area (Å²) in [6.45, 7) is 2.06. The van der Waals surface area contributed by atoms with Gasteiger partial charge >= 0.3 is 0 Å². The molecule has 0 unspecified atom stereocenters. The van der Waals surface area contributed by atoms with Crippen molar-refractivity contribution < 1.29 is 4.74 Å². The first-order valence-electron chi connectivity index (χ1n) is 7.40. The number of aromatic amines is 1. The Bertz CT molecular complexity index is 989. The van der Waals surface area contributed by atoms with Crippen LogP contribution in [0.4, 0.5) is 11.5 Å². The van der Waals surface area contributed by atoms with Crippen LogP contribution in [0.25, 0.3) is 21.8 Å². The van der Waals surface area contributed by atoms with Crippen molar-refractivity contribution in [3.05, 3.63) is 54.2 Å². The molecule has 5 nitrogen and oxygen atoms in total. The SMILES string of the molecule is COc1cccc2c1nc(Nc1ccc(C)cc1)c1n[nH]cc12. The van der Waals surface area contributed by atoms with E-state index in [1.807, 2.05) is 36.5 Å². The first-order chi connectivity index (χ1) is 11.3. The molecule has 4 aromatic rings. The van der Waals surface area contributed by atoms with E-state index < -0.39 is 0 Å². The van der Waals surface area contributed by atoms with Crippen molar-refractivity contribution >= 4 is 33.3 Å². The van der Waals surface area contributed by atoms with Gasteiger partial charge in [-0.2, -0.15) is 5.10 Å². The van der Waals surface area contributed by atoms with Crippen LogP contribution in [0, 0.1) is 6.92 Å². The van der Waals surface area contributed by atoms with E-state index in [9.17, 15) is 0 Å². The highest BCUT2D eigenvalue weighted by molar-refractivity contribution is 6.10. The maximum absolute atomic E-state index is 5.45. The number of aryl methyl sites for hydroxylation is 1. The van der Waals surface area contributed by atoms with Gasteiger partial charge in [0.15, 0.2) is 5.82 Å². The summed E-state index contributed by atoms with van der Waals surface area (Å²) in [6.07, 6.45) is 1.89. The lowest BCUT2D eigenvalue weighted by Gasteiger charge is -2.10. The molecule has 2 aromatic carbocycles. The van der Waals surface area contributed by atoms with Gasteiger partial charge in [0.1, 0.15) is 16.8 Å². The van der Waals surface area contributed by atoms with Crippen LogP contribution < -0.4 is 10.1 Å². The molecule has 0 fully saturated rings. The summed E-state index contributed by atoms with van der Waals surface area (Å²) in [5, 5.41) is 12.7. The molecule has 0 amide bonds. The van der Waals surface area contributed by atoms with Crippen LogP contribution in [0.1, 0.15) is 5.56 Å². The van der Waals surface area contributed by atoms with Crippen molar-refractivity contribution in [2.24, 2.45) is 0 Å². The molecule has 2 heterocycles. The number of hydrogen-bond acceptors (Lipinski definition) is 4. The fourth-order valence-corrected chi connectivity index (χ4v) is 2.72. The number of para-hydroxylation sites is 1. The van der Waals surface area contributed by atoms with E-state index in [2.05, 4.69) is 34.6 Å². The second-order valence-corrected chi connectivity index (χ2v) is 5.46. The average molecular weight is 304 g/mol. The fourth-order valence-electron chi connectivity index (χ4n) is 2.72. The Labute approximate surface area is 133 Å². The molecule has 0 aliphatic rings. The number of anilines is 2. The van der Waals surface area contributed by atoms with Crippen molar-refractivity contribution in [3.8, 4) is 5.75 Å². The number of rotatable bonds is 3. The maximum Gasteiger partial charge on any atom is 0.159 e. The van der Waals surface area contributed by atoms with Crippen LogP contribution in [0.2, 0.25) is 0 Å². The normalized spacial score (nSPS) is 11.0. The van der Waals surface area contributed by atoms with Gasteiger partial charge in [0, 0.05) is 22.7 Å². The van der Waals surface area contributed by atoms with E-state index in [1.165, 1.54) is 5.56 Å². The molecule has 5 heteroatoms. The minimum atomic E-state index is 0.710. The Balaban J connectivity index is 1.93. The summed E-state index contributed by atoms with van der Waals surface area (Å²) in [5.74, 6) is 1.46. The number of pyridine rings is 1. The highest BCUT2D eigenvalue weighted by Gasteiger charge is 2.13. The van der Waals surface area contributed by atoms with Gasteiger partial charge in [-0.25, -0.2) is 4.98 Å². The third-order valence-electron chi connectivity index (χ3n) is 3.91. The Morgan fingerprint density at radius 3 is 2.61 bits per heavy atom. The predicted octanol–water partition coefficient (Wildman–Crippen LogP) is 4.17. The zero-order chi connectivity index (χ0) is 15.8. The summed E-state index contributed by atoms with van der Waals surface area (Å²) in [5.41, 5.74) is 3.82. The number of aromatic nitrogens is 3. The van der Waals surface area contributed by atoms with E-state index in [0.717, 1.165) is 33.2 Å². The van der Waals surface area contributed by atoms with Crippen molar-refractivity contribution in [3.63, 3.8) is 0 Å². The van der Waals surface area contributed by atoms with E-state index in [-0.39, 0.29) is 0 Å². The number of benzene rings is 2. The molecule has 2 aromatic heterocycles. The van der Waals surface area contributed by atoms with E-state index >= 15 is 0 Å². The third-order valence-corrected chi connectivity index (χ3v) is 3.91. The zero-order valence-corrected chi connectivity index (χ0v) is 12.9. The molecular formula is C18H16N4O. The first-order valence-corrected chi connectivity index (χ1v) is 7.40. The number of hydrogen-bond donors (Lipinski definition) is 2. The summed E-state index contributed by atoms with van der Waals surface area (Å²) in [6, 6.07) is 14.1. The Morgan fingerprint density at radius 1 is 1.00 bits per heavy atom. The van der Waals surface area contributed by atoms with Crippen LogP contribution in [0.3, 0.4) is 0 Å². The standard InChI is InChI=1S/C18H16N4O/c1-11-6-8-12(9-7-11)20-18-17-14(10-19-22-17)13-4-3-5-15(23-2)16(13)21-18/h3-10H,1-2H3,(H,19,22)(H,20,21). The molecule has 0 saturated heterocycles. The molecule has 114 valence electrons. The van der Waals surface area contributed by atoms with Gasteiger partial charge in [0.25, 0.3) is 0 Å². The lowest BCUT2D eigenvalue weighted by molar-refractivity contribution is 0.419. The second-order valence-electron chi connectivity index (χ2n) is 5.46. The van der Waals surface area contributed by atoms with Gasteiger partial charge in [0.2, 0.25) is 0 Å². The molecule has 0 saturated carbocycles. The molecule has 0 aliphatic heterocycles. The topological polar surface area (TPSA) is 62.8 Å². The molecule has 0 spiro atoms. The number of fused-ring (bicyclic) bond motifs is 3. The monoisotopic (exact) mass is 304 g/mol. The van der Waals surface area contributed by atoms with Crippen LogP contribution in [-0.4, -0.2) is 22.3 Å². The smallest absolute Gasteiger partial charge is 0.159 e. The highest BCUT2D eigenvalue weighted by Crippen LogP contribution is 2.33. The van der Waals surface area contributed by atoms with Crippen LogP contribution >= 0.6 is 0 Å². The van der Waals surface area contributed by atoms with Crippen LogP contribution in [-0.2, 0) is 0 Å². The minimum Gasteiger partial charge on any atom is -0.494 e. The highest BCUT2D eigenvalue weighted by atomic mass is 16.5. The lowest BCUT2D eigenvalue weighted by atomic mass is 10.1. The van der Waals surface area contributed by atoms with E-state index in [0.29, 0.717) is 5.82 Å². The fraction of sp³-hybridized carbons (Fsp3) is 0.111. The van der Waals surface area contributed by atoms with Crippen molar-refractivity contribution in [2.75, 3.05) is 12.4 Å². The van der Waals surface area contributed by atoms with Crippen molar-refractivity contribution in [2.45, 2.75) is 6.92 Å². The number of nitrogens with one attached hydrogen (secondary N) is 2. The van der Waals surface area contributed by atoms with Gasteiger partial charge in [-0.15, -0.1) is 0 Å². The number of methoxy groups -OCH3 is 1. The van der Waals surface area contributed by atoms with Crippen molar-refractivity contribution in [1.29, 1.82) is 0 Å².